The summed E-state index contributed by atoms with van der Waals surface area (Å²) in [5.41, 5.74) is 0.540. The summed E-state index contributed by atoms with van der Waals surface area (Å²) >= 11 is 1.73. The molecule has 2 heteroatoms. The average Bonchev–Trinajstić information content (AvgIpc) is 2.78. The van der Waals surface area contributed by atoms with Crippen LogP contribution >= 0.6 is 11.3 Å². The molecular formula is C17H22OS. The third-order valence-electron chi connectivity index (χ3n) is 5.86. The molecule has 0 aromatic carbocycles. The molecule has 4 fully saturated rings. The van der Waals surface area contributed by atoms with Crippen molar-refractivity contribution in [1.82, 2.24) is 0 Å². The lowest BCUT2D eigenvalue weighted by Gasteiger charge is -2.60. The standard InChI is InChI=1S/C17H22OS/c1-16-7-12-5-13(8-16)10-17(9-12,11-16)15(18)6-14-3-2-4-19-14/h2-4,12-13H,5-11H2,1H3. The third-order valence-corrected chi connectivity index (χ3v) is 6.74. The molecule has 102 valence electrons. The number of carbonyl (C=O) groups is 1. The van der Waals surface area contributed by atoms with Gasteiger partial charge in [-0.3, -0.25) is 4.79 Å². The van der Waals surface area contributed by atoms with Crippen LogP contribution in [0, 0.1) is 22.7 Å². The average molecular weight is 274 g/mol. The fourth-order valence-corrected chi connectivity index (χ4v) is 6.51. The molecule has 1 heterocycles. The highest BCUT2D eigenvalue weighted by Gasteiger charge is 2.58. The first kappa shape index (κ1) is 12.1. The van der Waals surface area contributed by atoms with Crippen molar-refractivity contribution in [2.24, 2.45) is 22.7 Å². The Labute approximate surface area is 119 Å². The van der Waals surface area contributed by atoms with Crippen LogP contribution in [-0.4, -0.2) is 5.78 Å². The lowest BCUT2D eigenvalue weighted by atomic mass is 9.43. The van der Waals surface area contributed by atoms with E-state index < -0.39 is 0 Å². The maximum absolute atomic E-state index is 12.9. The van der Waals surface area contributed by atoms with Crippen molar-refractivity contribution in [2.45, 2.75) is 51.9 Å². The van der Waals surface area contributed by atoms with Gasteiger partial charge in [-0.2, -0.15) is 0 Å². The van der Waals surface area contributed by atoms with E-state index >= 15 is 0 Å². The summed E-state index contributed by atoms with van der Waals surface area (Å²) in [7, 11) is 0. The van der Waals surface area contributed by atoms with Crippen LogP contribution in [0.5, 0.6) is 0 Å². The van der Waals surface area contributed by atoms with Gasteiger partial charge in [-0.05, 0) is 67.2 Å². The summed E-state index contributed by atoms with van der Waals surface area (Å²) in [5, 5.41) is 2.09. The minimum atomic E-state index is 0.0584. The largest absolute Gasteiger partial charge is 0.299 e. The molecule has 5 rings (SSSR count). The Kier molecular flexibility index (Phi) is 2.52. The van der Waals surface area contributed by atoms with Crippen molar-refractivity contribution in [2.75, 3.05) is 0 Å². The van der Waals surface area contributed by atoms with E-state index in [2.05, 4.69) is 24.4 Å². The zero-order valence-corrected chi connectivity index (χ0v) is 12.5. The zero-order valence-electron chi connectivity index (χ0n) is 11.7. The topological polar surface area (TPSA) is 17.1 Å². The van der Waals surface area contributed by atoms with E-state index in [-0.39, 0.29) is 5.41 Å². The van der Waals surface area contributed by atoms with E-state index in [1.807, 2.05) is 0 Å². The van der Waals surface area contributed by atoms with Gasteiger partial charge in [0.15, 0.2) is 0 Å². The maximum atomic E-state index is 12.9. The molecule has 1 nitrogen and oxygen atoms in total. The molecule has 0 N–H and O–H groups in total. The monoisotopic (exact) mass is 274 g/mol. The van der Waals surface area contributed by atoms with Crippen LogP contribution in [0.25, 0.3) is 0 Å². The lowest BCUT2D eigenvalue weighted by molar-refractivity contribution is -0.152. The Hall–Kier alpha value is -0.630. The first-order valence-corrected chi connectivity index (χ1v) is 8.51. The minimum absolute atomic E-state index is 0.0584. The summed E-state index contributed by atoms with van der Waals surface area (Å²) < 4.78 is 0. The zero-order chi connectivity index (χ0) is 13.1. The molecule has 0 spiro atoms. The summed E-state index contributed by atoms with van der Waals surface area (Å²) in [6, 6.07) is 4.18. The van der Waals surface area contributed by atoms with Gasteiger partial charge >= 0.3 is 0 Å². The number of hydrogen-bond acceptors (Lipinski definition) is 2. The van der Waals surface area contributed by atoms with Crippen LogP contribution in [0.4, 0.5) is 0 Å². The molecule has 2 atom stereocenters. The van der Waals surface area contributed by atoms with E-state index in [4.69, 9.17) is 0 Å². The number of rotatable bonds is 3. The van der Waals surface area contributed by atoms with Crippen molar-refractivity contribution in [1.29, 1.82) is 0 Å². The second-order valence-electron chi connectivity index (χ2n) is 7.73. The molecule has 4 aliphatic carbocycles. The number of thiophene rings is 1. The van der Waals surface area contributed by atoms with Crippen LogP contribution < -0.4 is 0 Å². The summed E-state index contributed by atoms with van der Waals surface area (Å²) in [6.45, 7) is 2.44. The number of ketones is 1. The molecule has 4 bridgehead atoms. The molecule has 0 amide bonds. The van der Waals surface area contributed by atoms with E-state index in [1.54, 1.807) is 11.3 Å². The van der Waals surface area contributed by atoms with Gasteiger partial charge in [-0.1, -0.05) is 13.0 Å². The fourth-order valence-electron chi connectivity index (χ4n) is 5.81. The molecule has 2 unspecified atom stereocenters. The Balaban J connectivity index is 1.61. The Morgan fingerprint density at radius 3 is 2.63 bits per heavy atom. The normalized spacial score (nSPS) is 43.6. The second-order valence-corrected chi connectivity index (χ2v) is 8.76. The molecule has 0 saturated heterocycles. The van der Waals surface area contributed by atoms with Crippen molar-refractivity contribution in [3.05, 3.63) is 22.4 Å². The highest BCUT2D eigenvalue weighted by molar-refractivity contribution is 7.10. The predicted molar refractivity (Wildman–Crippen MR) is 78.3 cm³/mol. The van der Waals surface area contributed by atoms with Crippen LogP contribution in [0.1, 0.15) is 50.3 Å². The maximum Gasteiger partial charge on any atom is 0.144 e. The van der Waals surface area contributed by atoms with Crippen molar-refractivity contribution in [3.8, 4) is 0 Å². The Bertz CT molecular complexity index is 487. The molecule has 4 aliphatic rings. The number of carbonyl (C=O) groups excluding carboxylic acids is 1. The van der Waals surface area contributed by atoms with Gasteiger partial charge in [0.2, 0.25) is 0 Å². The third kappa shape index (κ3) is 1.91. The van der Waals surface area contributed by atoms with E-state index in [0.29, 0.717) is 17.6 Å². The molecule has 1 aromatic heterocycles. The van der Waals surface area contributed by atoms with Crippen molar-refractivity contribution in [3.63, 3.8) is 0 Å². The SMILES string of the molecule is CC12CC3CC(C1)CC(C(=O)Cc1cccs1)(C3)C2. The Morgan fingerprint density at radius 2 is 2.05 bits per heavy atom. The smallest absolute Gasteiger partial charge is 0.144 e. The van der Waals surface area contributed by atoms with Gasteiger partial charge in [0.1, 0.15) is 5.78 Å². The van der Waals surface area contributed by atoms with E-state index in [0.717, 1.165) is 11.8 Å². The quantitative estimate of drug-likeness (QED) is 0.795. The predicted octanol–water partition coefficient (Wildman–Crippen LogP) is 4.47. The van der Waals surface area contributed by atoms with Gasteiger partial charge in [0, 0.05) is 16.7 Å². The molecular weight excluding hydrogens is 252 g/mol. The van der Waals surface area contributed by atoms with Gasteiger partial charge in [-0.15, -0.1) is 11.3 Å². The molecule has 19 heavy (non-hydrogen) atoms. The number of Topliss-reactive ketones (excluding diaryl/α,β-unsaturated/α-hetero) is 1. The van der Waals surface area contributed by atoms with Gasteiger partial charge in [0.05, 0.1) is 0 Å². The molecule has 0 radical (unpaired) electrons. The van der Waals surface area contributed by atoms with Gasteiger partial charge in [0.25, 0.3) is 0 Å². The van der Waals surface area contributed by atoms with Crippen LogP contribution in [0.3, 0.4) is 0 Å². The van der Waals surface area contributed by atoms with Crippen molar-refractivity contribution >= 4 is 17.1 Å². The highest BCUT2D eigenvalue weighted by atomic mass is 32.1. The molecule has 0 aliphatic heterocycles. The Morgan fingerprint density at radius 1 is 1.32 bits per heavy atom. The minimum Gasteiger partial charge on any atom is -0.299 e. The van der Waals surface area contributed by atoms with E-state index in [9.17, 15) is 4.79 Å². The summed E-state index contributed by atoms with van der Waals surface area (Å²) in [6.07, 6.45) is 8.44. The summed E-state index contributed by atoms with van der Waals surface area (Å²) in [5.74, 6) is 2.24. The van der Waals surface area contributed by atoms with E-state index in [1.165, 1.54) is 43.4 Å². The lowest BCUT2D eigenvalue weighted by Crippen LogP contribution is -2.54. The molecule has 1 aromatic rings. The first-order chi connectivity index (χ1) is 9.07. The fraction of sp³-hybridized carbons (Fsp3) is 0.706. The van der Waals surface area contributed by atoms with Gasteiger partial charge < -0.3 is 0 Å². The van der Waals surface area contributed by atoms with Crippen LogP contribution in [0.15, 0.2) is 17.5 Å². The summed E-state index contributed by atoms with van der Waals surface area (Å²) in [4.78, 5) is 14.2. The molecule has 4 saturated carbocycles. The van der Waals surface area contributed by atoms with Crippen LogP contribution in [-0.2, 0) is 11.2 Å². The number of hydrogen-bond donors (Lipinski definition) is 0. The van der Waals surface area contributed by atoms with Crippen LogP contribution in [0.2, 0.25) is 0 Å². The van der Waals surface area contributed by atoms with Gasteiger partial charge in [-0.25, -0.2) is 0 Å². The van der Waals surface area contributed by atoms with Crippen molar-refractivity contribution < 1.29 is 4.79 Å². The highest BCUT2D eigenvalue weighted by Crippen LogP contribution is 2.65. The first-order valence-electron chi connectivity index (χ1n) is 7.63. The second kappa shape index (κ2) is 3.94.